The van der Waals surface area contributed by atoms with Gasteiger partial charge in [0, 0.05) is 0 Å². The van der Waals surface area contributed by atoms with Crippen molar-refractivity contribution in [3.63, 3.8) is 0 Å². The van der Waals surface area contributed by atoms with Crippen LogP contribution >= 0.6 is 0 Å². The monoisotopic (exact) mass is 282 g/mol. The Balaban J connectivity index is 4.63. The molecular formula is C10H16F2N2O5. The average molecular weight is 282 g/mol. The molecule has 1 atom stereocenters. The van der Waals surface area contributed by atoms with Crippen molar-refractivity contribution in [3.8, 4) is 0 Å². The van der Waals surface area contributed by atoms with Crippen LogP contribution in [-0.4, -0.2) is 36.2 Å². The Kier molecular flexibility index (Phi) is 6.16. The van der Waals surface area contributed by atoms with Gasteiger partial charge in [0.25, 0.3) is 0 Å². The molecule has 7 nitrogen and oxygen atoms in total. The van der Waals surface area contributed by atoms with Gasteiger partial charge in [0.05, 0.1) is 6.42 Å². The van der Waals surface area contributed by atoms with Crippen LogP contribution in [0.15, 0.2) is 0 Å². The third-order valence-corrected chi connectivity index (χ3v) is 1.59. The van der Waals surface area contributed by atoms with Gasteiger partial charge in [0.2, 0.25) is 5.91 Å². The molecule has 1 unspecified atom stereocenters. The Morgan fingerprint density at radius 3 is 2.16 bits per heavy atom. The minimum absolute atomic E-state index is 0.676. The maximum Gasteiger partial charge on any atom is 0.408 e. The molecule has 3 N–H and O–H groups in total. The van der Waals surface area contributed by atoms with Gasteiger partial charge in [0.15, 0.2) is 0 Å². The number of carbonyl (C=O) groups excluding carboxylic acids is 3. The summed E-state index contributed by atoms with van der Waals surface area (Å²) < 4.78 is 32.2. The summed E-state index contributed by atoms with van der Waals surface area (Å²) >= 11 is 0. The first-order chi connectivity index (χ1) is 8.51. The normalized spacial score (nSPS) is 12.7. The number of alkyl carbamates (subject to hydrolysis) is 1. The number of carbonyl (C=O) groups is 3. The van der Waals surface area contributed by atoms with E-state index >= 15 is 0 Å². The Morgan fingerprint density at radius 2 is 1.79 bits per heavy atom. The molecule has 0 aromatic heterocycles. The predicted molar refractivity (Wildman–Crippen MR) is 59.1 cm³/mol. The van der Waals surface area contributed by atoms with Crippen LogP contribution in [0, 0.1) is 0 Å². The lowest BCUT2D eigenvalue weighted by Gasteiger charge is -2.22. The second-order valence-corrected chi connectivity index (χ2v) is 4.57. The Bertz CT molecular complexity index is 354. The lowest BCUT2D eigenvalue weighted by molar-refractivity contribution is -0.179. The van der Waals surface area contributed by atoms with Gasteiger partial charge >= 0.3 is 18.7 Å². The first-order valence-electron chi connectivity index (χ1n) is 5.27. The summed E-state index contributed by atoms with van der Waals surface area (Å²) in [6.07, 6.45) is -1.73. The minimum atomic E-state index is -3.36. The third-order valence-electron chi connectivity index (χ3n) is 1.59. The van der Waals surface area contributed by atoms with Gasteiger partial charge in [-0.2, -0.15) is 8.78 Å². The SMILES string of the molecule is CC(C)(C)OC(=O)NC(CC(N)=O)C(=O)OC(F)F. The predicted octanol–water partition coefficient (Wildman–Crippen LogP) is 0.521. The highest BCUT2D eigenvalue weighted by Crippen LogP contribution is 2.08. The summed E-state index contributed by atoms with van der Waals surface area (Å²) in [6, 6.07) is -1.62. The number of rotatable bonds is 5. The highest BCUT2D eigenvalue weighted by molar-refractivity contribution is 5.87. The summed E-state index contributed by atoms with van der Waals surface area (Å²) in [5.41, 5.74) is 3.99. The van der Waals surface area contributed by atoms with Crippen LogP contribution in [0.25, 0.3) is 0 Å². The molecule has 0 radical (unpaired) electrons. The Morgan fingerprint density at radius 1 is 1.26 bits per heavy atom. The highest BCUT2D eigenvalue weighted by atomic mass is 19.3. The molecule has 0 aliphatic carbocycles. The third kappa shape index (κ3) is 8.75. The van der Waals surface area contributed by atoms with Crippen LogP contribution in [0.3, 0.4) is 0 Å². The van der Waals surface area contributed by atoms with Gasteiger partial charge in [-0.3, -0.25) is 4.79 Å². The van der Waals surface area contributed by atoms with Crippen LogP contribution in [0.4, 0.5) is 13.6 Å². The molecule has 0 heterocycles. The molecule has 19 heavy (non-hydrogen) atoms. The molecule has 0 aliphatic heterocycles. The number of hydrogen-bond donors (Lipinski definition) is 2. The van der Waals surface area contributed by atoms with Crippen LogP contribution in [0.1, 0.15) is 27.2 Å². The molecular weight excluding hydrogens is 266 g/mol. The summed E-state index contributed by atoms with van der Waals surface area (Å²) in [7, 11) is 0. The first-order valence-corrected chi connectivity index (χ1v) is 5.27. The number of halogens is 2. The maximum atomic E-state index is 11.9. The fourth-order valence-corrected chi connectivity index (χ4v) is 1.01. The van der Waals surface area contributed by atoms with Crippen molar-refractivity contribution < 1.29 is 32.6 Å². The molecule has 0 aliphatic rings. The quantitative estimate of drug-likeness (QED) is 0.715. The molecule has 0 bridgehead atoms. The van der Waals surface area contributed by atoms with Crippen LogP contribution in [-0.2, 0) is 19.1 Å². The number of nitrogens with one attached hydrogen (secondary N) is 1. The van der Waals surface area contributed by atoms with E-state index in [4.69, 9.17) is 10.5 Å². The van der Waals surface area contributed by atoms with E-state index in [1.807, 2.05) is 5.32 Å². The molecule has 0 fully saturated rings. The van der Waals surface area contributed by atoms with E-state index in [-0.39, 0.29) is 0 Å². The number of hydrogen-bond acceptors (Lipinski definition) is 5. The number of alkyl halides is 2. The first kappa shape index (κ1) is 17.1. The summed E-state index contributed by atoms with van der Waals surface area (Å²) in [6.45, 7) is 1.33. The topological polar surface area (TPSA) is 108 Å². The average Bonchev–Trinajstić information content (AvgIpc) is 2.11. The zero-order valence-corrected chi connectivity index (χ0v) is 10.7. The fourth-order valence-electron chi connectivity index (χ4n) is 1.01. The zero-order valence-electron chi connectivity index (χ0n) is 10.7. The maximum absolute atomic E-state index is 11.9. The summed E-state index contributed by atoms with van der Waals surface area (Å²) in [5, 5.41) is 1.94. The zero-order chi connectivity index (χ0) is 15.2. The largest absolute Gasteiger partial charge is 0.444 e. The van der Waals surface area contributed by atoms with Crippen molar-refractivity contribution in [1.29, 1.82) is 0 Å². The van der Waals surface area contributed by atoms with Gasteiger partial charge in [-0.15, -0.1) is 0 Å². The number of primary amides is 1. The van der Waals surface area contributed by atoms with E-state index in [2.05, 4.69) is 4.74 Å². The molecule has 0 rings (SSSR count). The summed E-state index contributed by atoms with van der Waals surface area (Å²) in [5.74, 6) is -2.44. The van der Waals surface area contributed by atoms with Crippen molar-refractivity contribution in [2.75, 3.05) is 0 Å². The van der Waals surface area contributed by atoms with Crippen LogP contribution in [0.5, 0.6) is 0 Å². The second-order valence-electron chi connectivity index (χ2n) is 4.57. The Labute approximate surface area is 108 Å². The number of nitrogens with two attached hydrogens (primary N) is 1. The van der Waals surface area contributed by atoms with Crippen molar-refractivity contribution in [2.24, 2.45) is 5.73 Å². The molecule has 0 saturated heterocycles. The number of esters is 1. The fraction of sp³-hybridized carbons (Fsp3) is 0.700. The van der Waals surface area contributed by atoms with Gasteiger partial charge < -0.3 is 20.5 Å². The van der Waals surface area contributed by atoms with Crippen LogP contribution in [0.2, 0.25) is 0 Å². The number of ether oxygens (including phenoxy) is 2. The van der Waals surface area contributed by atoms with E-state index in [0.29, 0.717) is 0 Å². The van der Waals surface area contributed by atoms with Crippen molar-refractivity contribution in [2.45, 2.75) is 45.4 Å². The second kappa shape index (κ2) is 6.86. The molecule has 9 heteroatoms. The van der Waals surface area contributed by atoms with E-state index in [1.165, 1.54) is 0 Å². The van der Waals surface area contributed by atoms with Gasteiger partial charge in [-0.1, -0.05) is 0 Å². The standard InChI is InChI=1S/C10H16F2N2O5/c1-10(2,3)19-9(17)14-5(4-6(13)15)7(16)18-8(11)12/h5,8H,4H2,1-3H3,(H2,13,15)(H,14,17). The molecule has 0 aromatic rings. The Hall–Kier alpha value is -1.93. The highest BCUT2D eigenvalue weighted by Gasteiger charge is 2.28. The van der Waals surface area contributed by atoms with E-state index < -0.39 is 42.6 Å². The molecule has 110 valence electrons. The van der Waals surface area contributed by atoms with E-state index in [1.54, 1.807) is 20.8 Å². The van der Waals surface area contributed by atoms with Crippen LogP contribution < -0.4 is 11.1 Å². The van der Waals surface area contributed by atoms with E-state index in [0.717, 1.165) is 0 Å². The van der Waals surface area contributed by atoms with Gasteiger partial charge in [-0.25, -0.2) is 9.59 Å². The molecule has 0 spiro atoms. The molecule has 0 saturated carbocycles. The molecule has 2 amide bonds. The van der Waals surface area contributed by atoms with Crippen molar-refractivity contribution in [1.82, 2.24) is 5.32 Å². The van der Waals surface area contributed by atoms with E-state index in [9.17, 15) is 23.2 Å². The van der Waals surface area contributed by atoms with Crippen molar-refractivity contribution in [3.05, 3.63) is 0 Å². The molecule has 0 aromatic carbocycles. The number of amides is 2. The van der Waals surface area contributed by atoms with Crippen molar-refractivity contribution >= 4 is 18.0 Å². The smallest absolute Gasteiger partial charge is 0.408 e. The van der Waals surface area contributed by atoms with Gasteiger partial charge in [-0.05, 0) is 20.8 Å². The lowest BCUT2D eigenvalue weighted by Crippen LogP contribution is -2.46. The van der Waals surface area contributed by atoms with Gasteiger partial charge in [0.1, 0.15) is 11.6 Å². The summed E-state index contributed by atoms with van der Waals surface area (Å²) in [4.78, 5) is 33.3. The minimum Gasteiger partial charge on any atom is -0.444 e. The lowest BCUT2D eigenvalue weighted by atomic mass is 10.2.